The second-order valence-corrected chi connectivity index (χ2v) is 8.24. The van der Waals surface area contributed by atoms with Gasteiger partial charge in [0.1, 0.15) is 11.3 Å². The van der Waals surface area contributed by atoms with Crippen molar-refractivity contribution in [3.8, 4) is 22.6 Å². The van der Waals surface area contributed by atoms with Crippen molar-refractivity contribution in [2.45, 2.75) is 25.7 Å². The lowest BCUT2D eigenvalue weighted by molar-refractivity contribution is -0.119. The number of carbonyl (C=O) groups excluding carboxylic acids is 1. The molecule has 1 aliphatic rings. The summed E-state index contributed by atoms with van der Waals surface area (Å²) in [5.74, 6) is 0.182. The molecule has 32 heavy (non-hydrogen) atoms. The van der Waals surface area contributed by atoms with Crippen molar-refractivity contribution in [1.29, 1.82) is 0 Å². The maximum Gasteiger partial charge on any atom is 0.227 e. The van der Waals surface area contributed by atoms with Crippen molar-refractivity contribution in [2.75, 3.05) is 5.32 Å². The van der Waals surface area contributed by atoms with Crippen molar-refractivity contribution in [3.63, 3.8) is 0 Å². The van der Waals surface area contributed by atoms with E-state index in [1.54, 1.807) is 24.8 Å². The summed E-state index contributed by atoms with van der Waals surface area (Å²) in [7, 11) is 0. The van der Waals surface area contributed by atoms with E-state index in [4.69, 9.17) is 0 Å². The van der Waals surface area contributed by atoms with Crippen LogP contribution in [0.2, 0.25) is 0 Å². The molecular formula is C24H21N7O. The second kappa shape index (κ2) is 7.56. The van der Waals surface area contributed by atoms with Crippen LogP contribution in [0.5, 0.6) is 0 Å². The molecular weight excluding hydrogens is 402 g/mol. The lowest BCUT2D eigenvalue weighted by Gasteiger charge is -2.11. The summed E-state index contributed by atoms with van der Waals surface area (Å²) in [4.78, 5) is 29.1. The van der Waals surface area contributed by atoms with E-state index in [2.05, 4.69) is 35.5 Å². The van der Waals surface area contributed by atoms with E-state index in [-0.39, 0.29) is 11.8 Å². The van der Waals surface area contributed by atoms with Crippen molar-refractivity contribution in [1.82, 2.24) is 30.1 Å². The average molecular weight is 423 g/mol. The third-order valence-corrected chi connectivity index (χ3v) is 6.12. The van der Waals surface area contributed by atoms with Crippen LogP contribution in [0.25, 0.3) is 44.6 Å². The van der Waals surface area contributed by atoms with Gasteiger partial charge in [-0.15, -0.1) is 0 Å². The lowest BCUT2D eigenvalue weighted by Crippen LogP contribution is -2.20. The number of hydrogen-bond donors (Lipinski definition) is 3. The molecule has 1 aliphatic carbocycles. The molecule has 0 atom stereocenters. The molecule has 8 heteroatoms. The van der Waals surface area contributed by atoms with Crippen LogP contribution >= 0.6 is 0 Å². The molecule has 8 nitrogen and oxygen atoms in total. The Morgan fingerprint density at radius 3 is 2.84 bits per heavy atom. The number of H-pyrrole nitrogens is 2. The smallest absolute Gasteiger partial charge is 0.227 e. The summed E-state index contributed by atoms with van der Waals surface area (Å²) in [6.07, 6.45) is 11.1. The van der Waals surface area contributed by atoms with E-state index in [0.29, 0.717) is 5.69 Å². The van der Waals surface area contributed by atoms with Gasteiger partial charge >= 0.3 is 0 Å². The minimum absolute atomic E-state index is 0.0782. The molecule has 0 saturated heterocycles. The van der Waals surface area contributed by atoms with Gasteiger partial charge in [0.2, 0.25) is 5.91 Å². The van der Waals surface area contributed by atoms with Gasteiger partial charge in [0.05, 0.1) is 35.0 Å². The Morgan fingerprint density at radius 1 is 1.06 bits per heavy atom. The van der Waals surface area contributed by atoms with Crippen molar-refractivity contribution < 1.29 is 4.79 Å². The number of nitrogens with zero attached hydrogens (tertiary/aromatic N) is 4. The van der Waals surface area contributed by atoms with Crippen LogP contribution < -0.4 is 5.32 Å². The normalized spacial score (nSPS) is 14.4. The minimum Gasteiger partial charge on any atom is -0.338 e. The zero-order chi connectivity index (χ0) is 21.5. The molecule has 0 spiro atoms. The van der Waals surface area contributed by atoms with Gasteiger partial charge in [-0.3, -0.25) is 19.9 Å². The van der Waals surface area contributed by atoms with Crippen LogP contribution in [0.4, 0.5) is 5.69 Å². The first-order valence-electron chi connectivity index (χ1n) is 10.8. The van der Waals surface area contributed by atoms with Gasteiger partial charge in [0.15, 0.2) is 0 Å². The molecule has 0 aliphatic heterocycles. The van der Waals surface area contributed by atoms with Gasteiger partial charge in [0, 0.05) is 34.6 Å². The highest BCUT2D eigenvalue weighted by molar-refractivity contribution is 5.97. The topological polar surface area (TPSA) is 112 Å². The summed E-state index contributed by atoms with van der Waals surface area (Å²) in [5.41, 5.74) is 5.64. The molecule has 1 saturated carbocycles. The Labute approximate surface area is 183 Å². The van der Waals surface area contributed by atoms with E-state index in [0.717, 1.165) is 70.3 Å². The molecule has 1 fully saturated rings. The molecule has 1 amide bonds. The molecule has 0 unspecified atom stereocenters. The fourth-order valence-electron chi connectivity index (χ4n) is 4.45. The van der Waals surface area contributed by atoms with Crippen molar-refractivity contribution >= 4 is 33.5 Å². The van der Waals surface area contributed by atoms with Crippen LogP contribution in [0.1, 0.15) is 25.7 Å². The zero-order valence-electron chi connectivity index (χ0n) is 17.3. The summed E-state index contributed by atoms with van der Waals surface area (Å²) in [6, 6.07) is 9.88. The second-order valence-electron chi connectivity index (χ2n) is 8.24. The van der Waals surface area contributed by atoms with Crippen LogP contribution in [0, 0.1) is 5.92 Å². The molecule has 5 heterocycles. The summed E-state index contributed by atoms with van der Waals surface area (Å²) in [5, 5.41) is 12.5. The molecule has 158 valence electrons. The number of nitrogens with one attached hydrogen (secondary N) is 3. The van der Waals surface area contributed by atoms with E-state index < -0.39 is 0 Å². The zero-order valence-corrected chi connectivity index (χ0v) is 17.3. The molecule has 0 bridgehead atoms. The largest absolute Gasteiger partial charge is 0.338 e. The number of carbonyl (C=O) groups is 1. The Morgan fingerprint density at radius 2 is 1.97 bits per heavy atom. The number of fused-ring (bicyclic) bond motifs is 2. The Balaban J connectivity index is 1.35. The standard InChI is InChI=1S/C24H21N7O/c32-24(14-4-1-2-5-14)28-17-8-16(11-25-12-17)19-10-18-21(13-27-19)30-31-22(18)20-9-15-6-3-7-26-23(15)29-20/h3,6-14H,1-2,4-5H2,(H,26,29)(H,28,32)(H,30,31). The molecule has 5 aromatic heterocycles. The molecule has 3 N–H and O–H groups in total. The van der Waals surface area contributed by atoms with Crippen LogP contribution in [0.3, 0.4) is 0 Å². The Bertz CT molecular complexity index is 1410. The maximum absolute atomic E-state index is 12.5. The third-order valence-electron chi connectivity index (χ3n) is 6.12. The van der Waals surface area contributed by atoms with E-state index in [9.17, 15) is 4.79 Å². The average Bonchev–Trinajstić information content (AvgIpc) is 3.58. The highest BCUT2D eigenvalue weighted by Crippen LogP contribution is 2.31. The number of aromatic amines is 2. The minimum atomic E-state index is 0.0782. The maximum atomic E-state index is 12.5. The summed E-state index contributed by atoms with van der Waals surface area (Å²) in [6.45, 7) is 0. The van der Waals surface area contributed by atoms with Crippen molar-refractivity contribution in [3.05, 3.63) is 55.1 Å². The lowest BCUT2D eigenvalue weighted by atomic mass is 10.1. The summed E-state index contributed by atoms with van der Waals surface area (Å²) >= 11 is 0. The first-order valence-corrected chi connectivity index (χ1v) is 10.8. The number of aromatic nitrogens is 6. The van der Waals surface area contributed by atoms with Crippen LogP contribution in [0.15, 0.2) is 55.1 Å². The van der Waals surface area contributed by atoms with Gasteiger partial charge in [-0.25, -0.2) is 4.98 Å². The molecule has 6 rings (SSSR count). The van der Waals surface area contributed by atoms with E-state index in [1.807, 2.05) is 30.3 Å². The van der Waals surface area contributed by atoms with E-state index in [1.165, 1.54) is 0 Å². The van der Waals surface area contributed by atoms with Gasteiger partial charge in [-0.1, -0.05) is 12.8 Å². The molecule has 5 aromatic rings. The molecule has 0 aromatic carbocycles. The Kier molecular flexibility index (Phi) is 4.41. The third kappa shape index (κ3) is 3.30. The van der Waals surface area contributed by atoms with Gasteiger partial charge in [-0.05, 0) is 43.2 Å². The number of pyridine rings is 3. The van der Waals surface area contributed by atoms with E-state index >= 15 is 0 Å². The monoisotopic (exact) mass is 423 g/mol. The highest BCUT2D eigenvalue weighted by atomic mass is 16.1. The predicted molar refractivity (Wildman–Crippen MR) is 123 cm³/mol. The number of hydrogen-bond acceptors (Lipinski definition) is 5. The first-order chi connectivity index (χ1) is 15.7. The van der Waals surface area contributed by atoms with Gasteiger partial charge < -0.3 is 10.3 Å². The fraction of sp³-hybridized carbons (Fsp3) is 0.208. The van der Waals surface area contributed by atoms with Gasteiger partial charge in [0.25, 0.3) is 0 Å². The Hall–Kier alpha value is -4.07. The number of amides is 1. The number of rotatable bonds is 4. The predicted octanol–water partition coefficient (Wildman–Crippen LogP) is 4.69. The fourth-order valence-corrected chi connectivity index (χ4v) is 4.45. The van der Waals surface area contributed by atoms with Crippen LogP contribution in [-0.4, -0.2) is 36.0 Å². The van der Waals surface area contributed by atoms with Crippen molar-refractivity contribution in [2.24, 2.45) is 5.92 Å². The summed E-state index contributed by atoms with van der Waals surface area (Å²) < 4.78 is 0. The first kappa shape index (κ1) is 18.7. The van der Waals surface area contributed by atoms with Gasteiger partial charge in [-0.2, -0.15) is 5.10 Å². The van der Waals surface area contributed by atoms with Crippen LogP contribution in [-0.2, 0) is 4.79 Å². The number of anilines is 1. The quantitative estimate of drug-likeness (QED) is 0.388. The molecule has 0 radical (unpaired) electrons. The highest BCUT2D eigenvalue weighted by Gasteiger charge is 2.22. The SMILES string of the molecule is O=C(Nc1cncc(-c2cc3c(-c4cc5cccnc5[nH]4)n[nH]c3cn2)c1)C1CCCC1.